The third-order valence-corrected chi connectivity index (χ3v) is 4.75. The maximum Gasteiger partial charge on any atom is 0.220 e. The zero-order chi connectivity index (χ0) is 15.8. The van der Waals surface area contributed by atoms with Crippen LogP contribution in [0.25, 0.3) is 0 Å². The predicted octanol–water partition coefficient (Wildman–Crippen LogP) is 2.23. The number of nitrogens with zero attached hydrogens (tertiary/aromatic N) is 1. The first-order valence-corrected chi connectivity index (χ1v) is 8.97. The second-order valence-corrected chi connectivity index (χ2v) is 7.00. The monoisotopic (exact) mass is 383 g/mol. The van der Waals surface area contributed by atoms with Crippen LogP contribution in [0.2, 0.25) is 0 Å². The smallest absolute Gasteiger partial charge is 0.220 e. The van der Waals surface area contributed by atoms with Crippen LogP contribution in [0, 0.1) is 5.92 Å². The van der Waals surface area contributed by atoms with E-state index < -0.39 is 0 Å². The third-order valence-electron chi connectivity index (χ3n) is 4.75. The molecule has 2 N–H and O–H groups in total. The molecule has 0 aromatic carbocycles. The zero-order valence-electron chi connectivity index (χ0n) is 15.1. The Kier molecular flexibility index (Phi) is 13.1. The number of amides is 1. The fourth-order valence-electron chi connectivity index (χ4n) is 3.31. The highest BCUT2D eigenvalue weighted by Crippen LogP contribution is 2.15. The molecule has 0 bridgehead atoms. The molecule has 1 atom stereocenters. The second-order valence-electron chi connectivity index (χ2n) is 7.00. The van der Waals surface area contributed by atoms with Crippen LogP contribution >= 0.6 is 24.8 Å². The summed E-state index contributed by atoms with van der Waals surface area (Å²) in [6.07, 6.45) is 5.40. The molecule has 1 amide bonds. The van der Waals surface area contributed by atoms with Crippen LogP contribution < -0.4 is 10.6 Å². The second kappa shape index (κ2) is 13.2. The van der Waals surface area contributed by atoms with Crippen molar-refractivity contribution in [2.45, 2.75) is 58.1 Å². The lowest BCUT2D eigenvalue weighted by atomic mass is 10.0. The van der Waals surface area contributed by atoms with Crippen molar-refractivity contribution in [3.63, 3.8) is 0 Å². The Morgan fingerprint density at radius 3 is 2.54 bits per heavy atom. The quantitative estimate of drug-likeness (QED) is 0.674. The summed E-state index contributed by atoms with van der Waals surface area (Å²) in [6, 6.07) is 0.372. The van der Waals surface area contributed by atoms with Crippen molar-refractivity contribution in [3.8, 4) is 0 Å². The van der Waals surface area contributed by atoms with Gasteiger partial charge in [-0.15, -0.1) is 24.8 Å². The van der Waals surface area contributed by atoms with Gasteiger partial charge in [-0.25, -0.2) is 0 Å². The van der Waals surface area contributed by atoms with Gasteiger partial charge in [0.15, 0.2) is 0 Å². The SMILES string of the molecule is CC(C)OCCN1CCC(NC(=O)CCC2CCNC2)CC1.Cl.Cl. The van der Waals surface area contributed by atoms with E-state index in [1.54, 1.807) is 0 Å². The Morgan fingerprint density at radius 1 is 1.25 bits per heavy atom. The minimum atomic E-state index is 0. The summed E-state index contributed by atoms with van der Waals surface area (Å²) in [5, 5.41) is 6.58. The largest absolute Gasteiger partial charge is 0.377 e. The van der Waals surface area contributed by atoms with Gasteiger partial charge < -0.3 is 20.3 Å². The van der Waals surface area contributed by atoms with Crippen LogP contribution in [-0.2, 0) is 9.53 Å². The number of halogens is 2. The van der Waals surface area contributed by atoms with Gasteiger partial charge in [0.1, 0.15) is 0 Å². The molecule has 2 saturated heterocycles. The summed E-state index contributed by atoms with van der Waals surface area (Å²) >= 11 is 0. The molecule has 0 radical (unpaired) electrons. The minimum Gasteiger partial charge on any atom is -0.377 e. The number of ether oxygens (including phenoxy) is 1. The number of piperidine rings is 1. The molecule has 5 nitrogen and oxygen atoms in total. The fraction of sp³-hybridized carbons (Fsp3) is 0.941. The van der Waals surface area contributed by atoms with Crippen LogP contribution in [0.1, 0.15) is 46.0 Å². The maximum atomic E-state index is 12.0. The van der Waals surface area contributed by atoms with Gasteiger partial charge in [-0.1, -0.05) is 0 Å². The van der Waals surface area contributed by atoms with E-state index in [9.17, 15) is 4.79 Å². The van der Waals surface area contributed by atoms with Crippen LogP contribution in [-0.4, -0.2) is 62.3 Å². The number of carbonyl (C=O) groups excluding carboxylic acids is 1. The van der Waals surface area contributed by atoms with Gasteiger partial charge in [0, 0.05) is 32.1 Å². The highest BCUT2D eigenvalue weighted by Gasteiger charge is 2.21. The number of carbonyl (C=O) groups is 1. The molecule has 0 aromatic rings. The maximum absolute atomic E-state index is 12.0. The van der Waals surface area contributed by atoms with E-state index in [0.29, 0.717) is 24.5 Å². The average molecular weight is 384 g/mol. The average Bonchev–Trinajstić information content (AvgIpc) is 3.00. The van der Waals surface area contributed by atoms with E-state index in [2.05, 4.69) is 29.4 Å². The standard InChI is InChI=1S/C17H33N3O2.2ClH/c1-14(2)22-12-11-20-9-6-16(7-10-20)19-17(21)4-3-15-5-8-18-13-15;;/h14-16,18H,3-13H2,1-2H3,(H,19,21);2*1H. The molecular formula is C17H35Cl2N3O2. The van der Waals surface area contributed by atoms with Gasteiger partial charge in [-0.05, 0) is 58.5 Å². The van der Waals surface area contributed by atoms with E-state index in [1.165, 1.54) is 6.42 Å². The first-order chi connectivity index (χ1) is 10.6. The molecule has 0 aromatic heterocycles. The molecule has 2 rings (SSSR count). The molecule has 24 heavy (non-hydrogen) atoms. The Morgan fingerprint density at radius 2 is 1.96 bits per heavy atom. The fourth-order valence-corrected chi connectivity index (χ4v) is 3.31. The van der Waals surface area contributed by atoms with Crippen LogP contribution in [0.15, 0.2) is 0 Å². The molecule has 2 heterocycles. The van der Waals surface area contributed by atoms with Gasteiger partial charge in [0.2, 0.25) is 5.91 Å². The van der Waals surface area contributed by atoms with E-state index in [-0.39, 0.29) is 30.7 Å². The van der Waals surface area contributed by atoms with Gasteiger partial charge in [0.25, 0.3) is 0 Å². The molecule has 144 valence electrons. The third kappa shape index (κ3) is 9.42. The molecule has 0 spiro atoms. The van der Waals surface area contributed by atoms with Gasteiger partial charge >= 0.3 is 0 Å². The number of hydrogen-bond donors (Lipinski definition) is 2. The lowest BCUT2D eigenvalue weighted by molar-refractivity contribution is -0.122. The van der Waals surface area contributed by atoms with E-state index >= 15 is 0 Å². The Balaban J connectivity index is 0.00000264. The van der Waals surface area contributed by atoms with Gasteiger partial charge in [-0.3, -0.25) is 4.79 Å². The molecule has 2 fully saturated rings. The topological polar surface area (TPSA) is 53.6 Å². The Bertz CT molecular complexity index is 332. The minimum absolute atomic E-state index is 0. The summed E-state index contributed by atoms with van der Waals surface area (Å²) in [7, 11) is 0. The lowest BCUT2D eigenvalue weighted by Crippen LogP contribution is -2.45. The number of hydrogen-bond acceptors (Lipinski definition) is 4. The van der Waals surface area contributed by atoms with Crippen molar-refractivity contribution >= 4 is 30.7 Å². The first kappa shape index (κ1) is 23.9. The summed E-state index contributed by atoms with van der Waals surface area (Å²) in [6.45, 7) is 10.3. The first-order valence-electron chi connectivity index (χ1n) is 8.97. The molecule has 1 unspecified atom stereocenters. The summed E-state index contributed by atoms with van der Waals surface area (Å²) in [5.41, 5.74) is 0. The van der Waals surface area contributed by atoms with Crippen molar-refractivity contribution in [2.24, 2.45) is 5.92 Å². The Labute approximate surface area is 159 Å². The predicted molar refractivity (Wildman–Crippen MR) is 103 cm³/mol. The molecule has 7 heteroatoms. The normalized spacial score (nSPS) is 22.0. The molecule has 2 aliphatic heterocycles. The van der Waals surface area contributed by atoms with Gasteiger partial charge in [-0.2, -0.15) is 0 Å². The van der Waals surface area contributed by atoms with Crippen molar-refractivity contribution in [3.05, 3.63) is 0 Å². The summed E-state index contributed by atoms with van der Waals surface area (Å²) < 4.78 is 5.60. The number of nitrogens with one attached hydrogen (secondary N) is 2. The van der Waals surface area contributed by atoms with Crippen molar-refractivity contribution < 1.29 is 9.53 Å². The van der Waals surface area contributed by atoms with E-state index in [0.717, 1.165) is 58.6 Å². The number of rotatable bonds is 8. The summed E-state index contributed by atoms with van der Waals surface area (Å²) in [5.74, 6) is 0.946. The number of likely N-dealkylation sites (tertiary alicyclic amines) is 1. The molecule has 0 aliphatic carbocycles. The van der Waals surface area contributed by atoms with Crippen molar-refractivity contribution in [1.82, 2.24) is 15.5 Å². The van der Waals surface area contributed by atoms with Crippen molar-refractivity contribution in [1.29, 1.82) is 0 Å². The van der Waals surface area contributed by atoms with Crippen molar-refractivity contribution in [2.75, 3.05) is 39.3 Å². The van der Waals surface area contributed by atoms with Crippen LogP contribution in [0.3, 0.4) is 0 Å². The Hall–Kier alpha value is -0.0700. The highest BCUT2D eigenvalue weighted by molar-refractivity contribution is 5.85. The lowest BCUT2D eigenvalue weighted by Gasteiger charge is -2.32. The molecular weight excluding hydrogens is 349 g/mol. The zero-order valence-corrected chi connectivity index (χ0v) is 16.7. The molecule has 2 aliphatic rings. The summed E-state index contributed by atoms with van der Waals surface area (Å²) in [4.78, 5) is 14.5. The van der Waals surface area contributed by atoms with E-state index in [1.807, 2.05) is 0 Å². The highest BCUT2D eigenvalue weighted by atomic mass is 35.5. The molecule has 0 saturated carbocycles. The van der Waals surface area contributed by atoms with E-state index in [4.69, 9.17) is 4.74 Å². The van der Waals surface area contributed by atoms with Crippen LogP contribution in [0.4, 0.5) is 0 Å². The van der Waals surface area contributed by atoms with Gasteiger partial charge in [0.05, 0.1) is 12.7 Å². The van der Waals surface area contributed by atoms with Crippen LogP contribution in [0.5, 0.6) is 0 Å².